The van der Waals surface area contributed by atoms with Crippen molar-refractivity contribution < 1.29 is 26.7 Å². The van der Waals surface area contributed by atoms with E-state index in [2.05, 4.69) is 125 Å². The molecule has 0 saturated heterocycles. The fourth-order valence-electron chi connectivity index (χ4n) is 12.1. The van der Waals surface area contributed by atoms with Gasteiger partial charge in [0, 0.05) is 108 Å². The average molecular weight is 1390 g/mol. The average Bonchev–Trinajstić information content (AvgIpc) is 1.84. The van der Waals surface area contributed by atoms with Crippen molar-refractivity contribution in [1.82, 2.24) is 34.7 Å². The van der Waals surface area contributed by atoms with Crippen LogP contribution in [0.1, 0.15) is 96.9 Å². The summed E-state index contributed by atoms with van der Waals surface area (Å²) in [7, 11) is 12.1. The summed E-state index contributed by atoms with van der Waals surface area (Å²) in [5, 5.41) is 7.51. The number of alkyl halides is 3. The molecule has 9 N–H and O–H groups in total. The molecule has 0 bridgehead atoms. The number of ether oxygens (including phenoxy) is 1. The molecule has 1 fully saturated rings. The molecule has 0 amide bonds. The van der Waals surface area contributed by atoms with Gasteiger partial charge in [-0.25, -0.2) is 8.78 Å². The van der Waals surface area contributed by atoms with Gasteiger partial charge in [0.15, 0.2) is 0 Å². The Balaban J connectivity index is 0.000000199. The quantitative estimate of drug-likeness (QED) is 0.0264. The number of aliphatic imine (C=N–C) groups is 4. The molecule has 16 nitrogen and oxygen atoms in total. The lowest BCUT2D eigenvalue weighted by molar-refractivity contribution is -0.137. The standard InChI is InChI=1S/C17H20F3N3.C17H23N3O.C16H22FN3.C16H20FN3.C14H25N3/c1-23(11-9-21)12-14-8-10-22-16(14)7-4-13-2-5-15(6-3-13)17(18,19)20;1-20(11-9-18)13-15-8-10-19-17(15)7-6-14-4-3-5-16(12-14)21-2;1-20(11-9-18)12-14-8-10-19-16(14)7-4-13-2-5-15(17)6-3-13;1-20(10-8-18)12-14-7-9-19-16(14)6-5-13-3-2-4-15(17)11-13;1-3-9-17(2)11-13-10-15-16-14(13)12-7-5-4-6-8-12/h2-8H,9-12,21H2,1H3;3-8,12H,9-11,13,18H2,1-2H3;2-3,5-6,8H,4,7,9-12,18H2,1H3;2-7,11H,8-10,12,18H2,1H3;10,12H,3-9,11H2,1-2H3,(H,15,16)/b7-4+;7-6+;;6-5+;. The maximum absolute atomic E-state index is 13.1. The Morgan fingerprint density at radius 1 is 0.505 bits per heavy atom. The Hall–Kier alpha value is -7.96. The number of methoxy groups -OCH3 is 1. The summed E-state index contributed by atoms with van der Waals surface area (Å²) in [6.45, 7) is 16.8. The zero-order valence-electron chi connectivity index (χ0n) is 60.6. The molecular formula is C80H110F5N15O. The molecule has 4 aromatic carbocycles. The Labute approximate surface area is 597 Å². The number of allylic oxidation sites excluding steroid dienone is 3. The molecule has 546 valence electrons. The largest absolute Gasteiger partial charge is 0.497 e. The van der Waals surface area contributed by atoms with E-state index >= 15 is 0 Å². The summed E-state index contributed by atoms with van der Waals surface area (Å²) in [6, 6.07) is 26.3. The zero-order chi connectivity index (χ0) is 72.8. The molecule has 10 rings (SSSR count). The Bertz CT molecular complexity index is 3630. The first-order valence-corrected chi connectivity index (χ1v) is 35.4. The lowest BCUT2D eigenvalue weighted by Gasteiger charge is -2.23. The number of nitrogens with zero attached hydrogens (tertiary/aromatic N) is 10. The minimum atomic E-state index is -4.30. The Morgan fingerprint density at radius 3 is 1.46 bits per heavy atom. The van der Waals surface area contributed by atoms with E-state index in [9.17, 15) is 22.0 Å². The van der Waals surface area contributed by atoms with Crippen LogP contribution in [0.4, 0.5) is 22.0 Å². The molecule has 1 aromatic heterocycles. The normalized spacial score (nSPS) is 15.4. The highest BCUT2D eigenvalue weighted by Crippen LogP contribution is 2.34. The van der Waals surface area contributed by atoms with Crippen LogP contribution >= 0.6 is 0 Å². The number of benzene rings is 4. The van der Waals surface area contributed by atoms with E-state index in [0.29, 0.717) is 44.8 Å². The highest BCUT2D eigenvalue weighted by Gasteiger charge is 2.30. The van der Waals surface area contributed by atoms with Gasteiger partial charge in [-0.2, -0.15) is 18.3 Å². The summed E-state index contributed by atoms with van der Waals surface area (Å²) >= 11 is 0. The molecule has 0 unspecified atom stereocenters. The van der Waals surface area contributed by atoms with E-state index in [4.69, 9.17) is 27.7 Å². The maximum atomic E-state index is 13.1. The van der Waals surface area contributed by atoms with E-state index in [1.165, 1.54) is 109 Å². The summed E-state index contributed by atoms with van der Waals surface area (Å²) in [5.41, 5.74) is 37.2. The van der Waals surface area contributed by atoms with Crippen LogP contribution in [0.25, 0.3) is 18.2 Å². The predicted octanol–water partition coefficient (Wildman–Crippen LogP) is 12.4. The Kier molecular flexibility index (Phi) is 36.6. The smallest absolute Gasteiger partial charge is 0.416 e. The van der Waals surface area contributed by atoms with Crippen molar-refractivity contribution in [3.63, 3.8) is 0 Å². The van der Waals surface area contributed by atoms with Crippen LogP contribution in [-0.2, 0) is 19.1 Å². The van der Waals surface area contributed by atoms with Gasteiger partial charge in [-0.05, 0) is 185 Å². The van der Waals surface area contributed by atoms with E-state index in [1.54, 1.807) is 19.3 Å². The molecule has 4 aliphatic heterocycles. The molecule has 0 radical (unpaired) electrons. The van der Waals surface area contributed by atoms with Gasteiger partial charge >= 0.3 is 6.18 Å². The van der Waals surface area contributed by atoms with Crippen molar-refractivity contribution in [2.24, 2.45) is 42.9 Å². The highest BCUT2D eigenvalue weighted by molar-refractivity contribution is 6.13. The van der Waals surface area contributed by atoms with Crippen molar-refractivity contribution in [3.05, 3.63) is 219 Å². The number of aryl methyl sites for hydroxylation is 1. The van der Waals surface area contributed by atoms with Crippen LogP contribution in [0.15, 0.2) is 188 Å². The van der Waals surface area contributed by atoms with Crippen molar-refractivity contribution in [3.8, 4) is 5.75 Å². The minimum absolute atomic E-state index is 0.184. The van der Waals surface area contributed by atoms with Crippen molar-refractivity contribution in [2.45, 2.75) is 76.9 Å². The first-order valence-electron chi connectivity index (χ1n) is 35.4. The monoisotopic (exact) mass is 1390 g/mol. The third-order valence-corrected chi connectivity index (χ3v) is 17.4. The lowest BCUT2D eigenvalue weighted by atomic mass is 9.85. The Morgan fingerprint density at radius 2 is 0.970 bits per heavy atom. The number of aromatic amines is 1. The molecule has 5 aromatic rings. The molecule has 5 aliphatic rings. The lowest BCUT2D eigenvalue weighted by Crippen LogP contribution is -2.28. The second-order valence-corrected chi connectivity index (χ2v) is 25.9. The molecule has 1 saturated carbocycles. The van der Waals surface area contributed by atoms with Gasteiger partial charge in [-0.3, -0.25) is 25.1 Å². The summed E-state index contributed by atoms with van der Waals surface area (Å²) in [4.78, 5) is 29.0. The second-order valence-electron chi connectivity index (χ2n) is 25.9. The van der Waals surface area contributed by atoms with Crippen molar-refractivity contribution >= 4 is 41.1 Å². The predicted molar refractivity (Wildman–Crippen MR) is 411 cm³/mol. The SMILES string of the molecule is CCCN(C)Cc1cn[nH]c1C1CCCCC1.CN(CCN)CC1=CCN=C1/C=C/c1ccc(C(F)(F)F)cc1.CN(CCN)CC1=CCN=C1/C=C/c1cccc(F)c1.CN(CCN)CC1=CCN=C1CCc1ccc(F)cc1.COc1cccc(/C=C/C2=NCC=C2CN(C)CCN)c1. The molecule has 5 heterocycles. The number of H-pyrrole nitrogens is 1. The number of hydrogen-bond donors (Lipinski definition) is 5. The van der Waals surface area contributed by atoms with Crippen LogP contribution in [-0.4, -0.2) is 211 Å². The van der Waals surface area contributed by atoms with E-state index in [-0.39, 0.29) is 11.6 Å². The van der Waals surface area contributed by atoms with Gasteiger partial charge in [-0.1, -0.05) is 117 Å². The van der Waals surface area contributed by atoms with E-state index < -0.39 is 11.7 Å². The van der Waals surface area contributed by atoms with Gasteiger partial charge < -0.3 is 52.2 Å². The molecule has 0 spiro atoms. The second kappa shape index (κ2) is 45.1. The third-order valence-electron chi connectivity index (χ3n) is 17.4. The van der Waals surface area contributed by atoms with Gasteiger partial charge in [0.25, 0.3) is 0 Å². The molecule has 1 aliphatic carbocycles. The van der Waals surface area contributed by atoms with Gasteiger partial charge in [0.05, 0.1) is 62.2 Å². The number of aromatic nitrogens is 2. The number of rotatable bonds is 31. The van der Waals surface area contributed by atoms with Crippen molar-refractivity contribution in [1.29, 1.82) is 0 Å². The number of halogens is 5. The summed E-state index contributed by atoms with van der Waals surface area (Å²) < 4.78 is 68.8. The molecule has 21 heteroatoms. The summed E-state index contributed by atoms with van der Waals surface area (Å²) in [6.07, 6.45) is 27.8. The van der Waals surface area contributed by atoms with Crippen LogP contribution < -0.4 is 27.7 Å². The van der Waals surface area contributed by atoms with Crippen LogP contribution in [0.5, 0.6) is 5.75 Å². The third kappa shape index (κ3) is 30.3. The first-order chi connectivity index (χ1) is 48.8. The zero-order valence-corrected chi connectivity index (χ0v) is 60.6. The summed E-state index contributed by atoms with van der Waals surface area (Å²) in [5.74, 6) is 1.19. The van der Waals surface area contributed by atoms with Crippen molar-refractivity contribution in [2.75, 3.05) is 154 Å². The molecular weight excluding hydrogens is 1280 g/mol. The van der Waals surface area contributed by atoms with Crippen LogP contribution in [0.2, 0.25) is 0 Å². The van der Waals surface area contributed by atoms with Crippen LogP contribution in [0, 0.1) is 11.6 Å². The topological polar surface area (TPSA) is 208 Å². The van der Waals surface area contributed by atoms with Gasteiger partial charge in [-0.15, -0.1) is 0 Å². The number of likely N-dealkylation sites (N-methyl/N-ethyl adjacent to an activating group) is 4. The number of nitrogens with one attached hydrogen (secondary N) is 1. The first kappa shape index (κ1) is 82.0. The fourth-order valence-corrected chi connectivity index (χ4v) is 12.1. The van der Waals surface area contributed by atoms with E-state index in [1.807, 2.05) is 74.9 Å². The molecule has 101 heavy (non-hydrogen) atoms. The molecule has 0 atom stereocenters. The highest BCUT2D eigenvalue weighted by atomic mass is 19.4. The van der Waals surface area contributed by atoms with Gasteiger partial charge in [0.1, 0.15) is 17.4 Å². The fraction of sp³-hybridized carbons (Fsp3) is 0.438. The van der Waals surface area contributed by atoms with E-state index in [0.717, 1.165) is 155 Å². The number of hydrogen-bond acceptors (Lipinski definition) is 15. The van der Waals surface area contributed by atoms with Crippen LogP contribution in [0.3, 0.4) is 0 Å². The maximum Gasteiger partial charge on any atom is 0.416 e. The minimum Gasteiger partial charge on any atom is -0.497 e. The van der Waals surface area contributed by atoms with Gasteiger partial charge in [0.2, 0.25) is 0 Å². The number of nitrogens with two attached hydrogens (primary N) is 4.